The fourth-order valence-corrected chi connectivity index (χ4v) is 6.73. The zero-order valence-corrected chi connectivity index (χ0v) is 21.9. The normalized spacial score (nSPS) is 23.7. The molecule has 10 heteroatoms. The number of benzene rings is 3. The average molecular weight is 561 g/mol. The second-order valence-corrected chi connectivity index (χ2v) is 10.4. The molecule has 1 amide bonds. The molecule has 0 aromatic heterocycles. The second-order valence-electron chi connectivity index (χ2n) is 9.69. The van der Waals surface area contributed by atoms with Crippen molar-refractivity contribution in [1.29, 1.82) is 0 Å². The number of rotatable bonds is 4. The first kappa shape index (κ1) is 25.2. The molecule has 3 atom stereocenters. The summed E-state index contributed by atoms with van der Waals surface area (Å²) in [5.74, 6) is -3.48. The molecule has 1 saturated heterocycles. The van der Waals surface area contributed by atoms with E-state index in [4.69, 9.17) is 43.1 Å². The van der Waals surface area contributed by atoms with E-state index in [0.717, 1.165) is 24.9 Å². The van der Waals surface area contributed by atoms with Crippen molar-refractivity contribution in [2.45, 2.75) is 37.3 Å². The van der Waals surface area contributed by atoms with Gasteiger partial charge in [-0.3, -0.25) is 4.79 Å². The van der Waals surface area contributed by atoms with Crippen molar-refractivity contribution >= 4 is 29.1 Å². The number of hydrogen-bond donors (Lipinski definition) is 2. The Kier molecular flexibility index (Phi) is 6.17. The summed E-state index contributed by atoms with van der Waals surface area (Å²) in [7, 11) is 0. The van der Waals surface area contributed by atoms with Gasteiger partial charge in [0.15, 0.2) is 22.9 Å². The third kappa shape index (κ3) is 3.50. The number of amides is 1. The van der Waals surface area contributed by atoms with Gasteiger partial charge in [-0.1, -0.05) is 60.5 Å². The molecule has 3 N–H and O–H groups in total. The highest BCUT2D eigenvalue weighted by Crippen LogP contribution is 2.59. The lowest BCUT2D eigenvalue weighted by Crippen LogP contribution is -2.50. The van der Waals surface area contributed by atoms with Gasteiger partial charge in [0.1, 0.15) is 29.8 Å². The zero-order chi connectivity index (χ0) is 26.8. The maximum absolute atomic E-state index is 16.3. The van der Waals surface area contributed by atoms with E-state index in [1.807, 2.05) is 37.3 Å². The van der Waals surface area contributed by atoms with Crippen LogP contribution in [0.25, 0.3) is 11.1 Å². The molecule has 0 spiro atoms. The summed E-state index contributed by atoms with van der Waals surface area (Å²) in [6.07, 6.45) is 1.75. The quantitative estimate of drug-likeness (QED) is 0.412. The van der Waals surface area contributed by atoms with Crippen molar-refractivity contribution in [3.63, 3.8) is 0 Å². The number of carbonyl (C=O) groups excluding carboxylic acids is 1. The van der Waals surface area contributed by atoms with Crippen LogP contribution >= 0.6 is 23.2 Å². The minimum Gasteiger partial charge on any atom is -0.484 e. The van der Waals surface area contributed by atoms with Gasteiger partial charge in [0.05, 0.1) is 16.6 Å². The molecule has 0 unspecified atom stereocenters. The van der Waals surface area contributed by atoms with Gasteiger partial charge >= 0.3 is 0 Å². The largest absolute Gasteiger partial charge is 0.484 e. The molecule has 38 heavy (non-hydrogen) atoms. The minimum atomic E-state index is -1.02. The highest BCUT2D eigenvalue weighted by atomic mass is 35.5. The third-order valence-electron chi connectivity index (χ3n) is 7.75. The van der Waals surface area contributed by atoms with Crippen LogP contribution in [0.4, 0.5) is 8.78 Å². The number of hydrogen-bond acceptors (Lipinski definition) is 5. The van der Waals surface area contributed by atoms with Crippen LogP contribution < -0.4 is 25.3 Å². The van der Waals surface area contributed by atoms with E-state index < -0.39 is 29.1 Å². The Morgan fingerprint density at radius 2 is 1.79 bits per heavy atom. The fourth-order valence-electron chi connectivity index (χ4n) is 6.15. The van der Waals surface area contributed by atoms with Gasteiger partial charge in [0.25, 0.3) is 5.91 Å². The fraction of sp³-hybridized carbons (Fsp3) is 0.321. The number of nitrogens with one attached hydrogen (secondary N) is 1. The Bertz CT molecular complexity index is 1460. The van der Waals surface area contributed by atoms with Gasteiger partial charge in [0.2, 0.25) is 0 Å². The van der Waals surface area contributed by atoms with E-state index in [2.05, 4.69) is 5.32 Å². The van der Waals surface area contributed by atoms with Gasteiger partial charge in [-0.15, -0.1) is 0 Å². The molecular formula is C28H24Cl2F2N2O4. The molecule has 0 saturated carbocycles. The van der Waals surface area contributed by atoms with Crippen molar-refractivity contribution in [3.05, 3.63) is 74.8 Å². The molecule has 0 bridgehead atoms. The number of halogens is 4. The Labute approximate surface area is 228 Å². The number of fused-ring (bicyclic) bond motifs is 2. The lowest BCUT2D eigenvalue weighted by molar-refractivity contribution is 0.0333. The molecule has 3 aliphatic heterocycles. The van der Waals surface area contributed by atoms with Crippen molar-refractivity contribution in [2.24, 2.45) is 5.73 Å². The molecule has 3 aliphatic rings. The van der Waals surface area contributed by atoms with E-state index in [0.29, 0.717) is 5.56 Å². The molecule has 0 aliphatic carbocycles. The first-order valence-electron chi connectivity index (χ1n) is 12.4. The third-order valence-corrected chi connectivity index (χ3v) is 8.48. The van der Waals surface area contributed by atoms with Gasteiger partial charge in [-0.2, -0.15) is 0 Å². The molecule has 6 nitrogen and oxygen atoms in total. The summed E-state index contributed by atoms with van der Waals surface area (Å²) in [4.78, 5) is 12.7. The van der Waals surface area contributed by atoms with Crippen LogP contribution in [0.1, 0.15) is 47.2 Å². The monoisotopic (exact) mass is 560 g/mol. The van der Waals surface area contributed by atoms with Gasteiger partial charge in [-0.05, 0) is 24.9 Å². The summed E-state index contributed by atoms with van der Waals surface area (Å²) >= 11 is 13.1. The molecule has 3 aromatic carbocycles. The van der Waals surface area contributed by atoms with E-state index in [1.165, 1.54) is 6.07 Å². The molecule has 1 fully saturated rings. The molecule has 198 valence electrons. The van der Waals surface area contributed by atoms with Crippen LogP contribution in [0.3, 0.4) is 0 Å². The van der Waals surface area contributed by atoms with Crippen molar-refractivity contribution in [3.8, 4) is 28.4 Å². The highest BCUT2D eigenvalue weighted by Gasteiger charge is 2.55. The maximum Gasteiger partial charge on any atom is 0.251 e. The smallest absolute Gasteiger partial charge is 0.251 e. The minimum absolute atomic E-state index is 0.0462. The van der Waals surface area contributed by atoms with Gasteiger partial charge in [-0.25, -0.2) is 8.78 Å². The van der Waals surface area contributed by atoms with Crippen molar-refractivity contribution < 1.29 is 27.8 Å². The van der Waals surface area contributed by atoms with Crippen LogP contribution in [-0.2, 0) is 5.60 Å². The van der Waals surface area contributed by atoms with Crippen LogP contribution in [0.15, 0.2) is 36.4 Å². The van der Waals surface area contributed by atoms with E-state index >= 15 is 8.78 Å². The zero-order valence-electron chi connectivity index (χ0n) is 20.4. The van der Waals surface area contributed by atoms with E-state index in [-0.39, 0.29) is 63.2 Å². The van der Waals surface area contributed by atoms with E-state index in [1.54, 1.807) is 0 Å². The standard InChI is InChI=1S/C28H24Cl2F2N2O4/c1-13-18-16(38-28(13,17-8-5-9-34-17)14-6-3-2-4-7-14)12-15(31)22(29)19(18)20-21(27(33)35)23(30)25-26(24(20)32)37-11-10-36-25/h2-4,6-7,12-13,17,34H,5,8-11H2,1H3,(H2,33,35)/t13-,17-,28-/m0/s1. The second kappa shape index (κ2) is 9.29. The van der Waals surface area contributed by atoms with E-state index in [9.17, 15) is 4.79 Å². The maximum atomic E-state index is 16.3. The predicted molar refractivity (Wildman–Crippen MR) is 140 cm³/mol. The predicted octanol–water partition coefficient (Wildman–Crippen LogP) is 5.95. The first-order valence-corrected chi connectivity index (χ1v) is 13.1. The summed E-state index contributed by atoms with van der Waals surface area (Å²) in [5, 5.41) is 2.92. The summed E-state index contributed by atoms with van der Waals surface area (Å²) in [6.45, 7) is 2.90. The number of primary amides is 1. The molecule has 3 aromatic rings. The molecule has 6 rings (SSSR count). The average Bonchev–Trinajstić information content (AvgIpc) is 3.55. The topological polar surface area (TPSA) is 82.8 Å². The Hall–Kier alpha value is -3.07. The Morgan fingerprint density at radius 1 is 1.08 bits per heavy atom. The van der Waals surface area contributed by atoms with Crippen LogP contribution in [-0.4, -0.2) is 31.7 Å². The summed E-state index contributed by atoms with van der Waals surface area (Å²) < 4.78 is 49.4. The molecule has 0 radical (unpaired) electrons. The summed E-state index contributed by atoms with van der Waals surface area (Å²) in [5.41, 5.74) is 5.32. The number of ether oxygens (including phenoxy) is 3. The van der Waals surface area contributed by atoms with Crippen LogP contribution in [0, 0.1) is 11.6 Å². The Balaban J connectivity index is 1.67. The highest BCUT2D eigenvalue weighted by molar-refractivity contribution is 6.37. The molecule has 3 heterocycles. The van der Waals surface area contributed by atoms with Gasteiger partial charge < -0.3 is 25.3 Å². The van der Waals surface area contributed by atoms with Crippen LogP contribution in [0.5, 0.6) is 17.2 Å². The first-order chi connectivity index (χ1) is 18.3. The number of carbonyl (C=O) groups is 1. The van der Waals surface area contributed by atoms with Gasteiger partial charge in [0, 0.05) is 28.7 Å². The number of nitrogens with two attached hydrogens (primary N) is 1. The lowest BCUT2D eigenvalue weighted by atomic mass is 9.73. The molecular weight excluding hydrogens is 537 g/mol. The Morgan fingerprint density at radius 3 is 2.45 bits per heavy atom. The summed E-state index contributed by atoms with van der Waals surface area (Å²) in [6, 6.07) is 10.7. The SMILES string of the molecule is C[C@H]1c2c(cc(F)c(Cl)c2-c2c(F)c3c(c(Cl)c2C(N)=O)OCCO3)O[C@@]1(c1ccccc1)[C@@H]1CCCN1. The van der Waals surface area contributed by atoms with Crippen LogP contribution in [0.2, 0.25) is 10.0 Å². The lowest BCUT2D eigenvalue weighted by Gasteiger charge is -2.39. The van der Waals surface area contributed by atoms with Crippen molar-refractivity contribution in [2.75, 3.05) is 19.8 Å². The van der Waals surface area contributed by atoms with Crippen molar-refractivity contribution in [1.82, 2.24) is 5.32 Å².